The second kappa shape index (κ2) is 7.65. The van der Waals surface area contributed by atoms with Gasteiger partial charge in [-0.3, -0.25) is 4.79 Å². The van der Waals surface area contributed by atoms with Crippen LogP contribution in [-0.2, 0) is 9.53 Å². The topological polar surface area (TPSA) is 58.6 Å². The maximum absolute atomic E-state index is 11.9. The van der Waals surface area contributed by atoms with Gasteiger partial charge in [0.15, 0.2) is 6.61 Å². The first-order chi connectivity index (χ1) is 11.0. The van der Waals surface area contributed by atoms with E-state index in [1.54, 1.807) is 36.4 Å². The number of ether oxygens (including phenoxy) is 1. The van der Waals surface area contributed by atoms with E-state index in [0.29, 0.717) is 16.3 Å². The number of halogens is 1. The molecule has 0 saturated heterocycles. The summed E-state index contributed by atoms with van der Waals surface area (Å²) in [5.74, 6) is -0.952. The van der Waals surface area contributed by atoms with Gasteiger partial charge in [0.05, 0.1) is 5.56 Å². The third-order valence-corrected chi connectivity index (χ3v) is 3.33. The molecule has 2 aromatic carbocycles. The van der Waals surface area contributed by atoms with Crippen LogP contribution in [0.25, 0.3) is 0 Å². The molecule has 1 amide bonds. The van der Waals surface area contributed by atoms with E-state index in [-0.39, 0.29) is 6.61 Å². The highest BCUT2D eigenvalue weighted by atomic mass is 35.5. The zero-order valence-electron chi connectivity index (χ0n) is 12.9. The molecule has 120 valence electrons. The van der Waals surface area contributed by atoms with Crippen LogP contribution in [0.3, 0.4) is 0 Å². The lowest BCUT2D eigenvalue weighted by Crippen LogP contribution is -2.21. The number of anilines is 2. The Labute approximate surface area is 139 Å². The van der Waals surface area contributed by atoms with Gasteiger partial charge in [0.1, 0.15) is 0 Å². The molecular weight excluding hydrogens is 316 g/mol. The molecule has 6 heteroatoms. The van der Waals surface area contributed by atoms with Gasteiger partial charge in [0.2, 0.25) is 0 Å². The minimum Gasteiger partial charge on any atom is -0.452 e. The monoisotopic (exact) mass is 332 g/mol. The maximum Gasteiger partial charge on any atom is 0.338 e. The van der Waals surface area contributed by atoms with Gasteiger partial charge in [-0.15, -0.1) is 0 Å². The van der Waals surface area contributed by atoms with Gasteiger partial charge in [-0.1, -0.05) is 11.6 Å². The van der Waals surface area contributed by atoms with Crippen molar-refractivity contribution >= 4 is 34.9 Å². The van der Waals surface area contributed by atoms with Crippen LogP contribution < -0.4 is 10.2 Å². The molecule has 0 aliphatic heterocycles. The number of benzene rings is 2. The van der Waals surface area contributed by atoms with Crippen LogP contribution in [0.4, 0.5) is 11.4 Å². The van der Waals surface area contributed by atoms with Gasteiger partial charge >= 0.3 is 5.97 Å². The fourth-order valence-corrected chi connectivity index (χ4v) is 1.97. The number of nitrogens with one attached hydrogen (secondary N) is 1. The van der Waals surface area contributed by atoms with Gasteiger partial charge in [-0.05, 0) is 48.5 Å². The van der Waals surface area contributed by atoms with E-state index in [2.05, 4.69) is 5.32 Å². The number of carbonyl (C=O) groups is 2. The zero-order valence-corrected chi connectivity index (χ0v) is 13.6. The summed E-state index contributed by atoms with van der Waals surface area (Å²) < 4.78 is 5.00. The van der Waals surface area contributed by atoms with Crippen LogP contribution in [0, 0.1) is 0 Å². The summed E-state index contributed by atoms with van der Waals surface area (Å²) >= 11 is 5.76. The van der Waals surface area contributed by atoms with E-state index < -0.39 is 11.9 Å². The van der Waals surface area contributed by atoms with Gasteiger partial charge in [0, 0.05) is 30.5 Å². The SMILES string of the molecule is CN(C)c1ccc(C(=O)OCC(=O)Nc2ccc(Cl)cc2)cc1. The fourth-order valence-electron chi connectivity index (χ4n) is 1.84. The zero-order chi connectivity index (χ0) is 16.8. The Morgan fingerprint density at radius 3 is 2.22 bits per heavy atom. The van der Waals surface area contributed by atoms with Gasteiger partial charge in [-0.25, -0.2) is 4.79 Å². The summed E-state index contributed by atoms with van der Waals surface area (Å²) in [5, 5.41) is 3.20. The van der Waals surface area contributed by atoms with Crippen molar-refractivity contribution in [3.8, 4) is 0 Å². The molecule has 0 atom stereocenters. The summed E-state index contributed by atoms with van der Waals surface area (Å²) in [5.41, 5.74) is 1.96. The van der Waals surface area contributed by atoms with Crippen LogP contribution in [0.5, 0.6) is 0 Å². The molecule has 0 radical (unpaired) electrons. The van der Waals surface area contributed by atoms with Crippen LogP contribution >= 0.6 is 11.6 Å². The fraction of sp³-hybridized carbons (Fsp3) is 0.176. The highest BCUT2D eigenvalue weighted by Gasteiger charge is 2.10. The van der Waals surface area contributed by atoms with Crippen LogP contribution in [-0.4, -0.2) is 32.6 Å². The lowest BCUT2D eigenvalue weighted by Gasteiger charge is -2.12. The molecule has 0 fully saturated rings. The quantitative estimate of drug-likeness (QED) is 0.854. The van der Waals surface area contributed by atoms with Crippen molar-refractivity contribution in [1.29, 1.82) is 0 Å². The minimum atomic E-state index is -0.540. The molecule has 1 N–H and O–H groups in total. The van der Waals surface area contributed by atoms with E-state index in [4.69, 9.17) is 16.3 Å². The molecule has 0 aromatic heterocycles. The van der Waals surface area contributed by atoms with E-state index in [9.17, 15) is 9.59 Å². The summed E-state index contributed by atoms with van der Waals surface area (Å²) in [6.45, 7) is -0.350. The number of esters is 1. The Bertz CT molecular complexity index is 682. The molecule has 0 aliphatic carbocycles. The van der Waals surface area contributed by atoms with Crippen molar-refractivity contribution in [2.45, 2.75) is 0 Å². The highest BCUT2D eigenvalue weighted by molar-refractivity contribution is 6.30. The van der Waals surface area contributed by atoms with Crippen LogP contribution in [0.15, 0.2) is 48.5 Å². The van der Waals surface area contributed by atoms with Gasteiger partial charge < -0.3 is 15.0 Å². The first-order valence-electron chi connectivity index (χ1n) is 6.95. The highest BCUT2D eigenvalue weighted by Crippen LogP contribution is 2.14. The molecule has 0 heterocycles. The van der Waals surface area contributed by atoms with Gasteiger partial charge in [0.25, 0.3) is 5.91 Å². The molecule has 23 heavy (non-hydrogen) atoms. The number of hydrogen-bond donors (Lipinski definition) is 1. The van der Waals surface area contributed by atoms with Crippen molar-refractivity contribution < 1.29 is 14.3 Å². The Morgan fingerprint density at radius 1 is 1.04 bits per heavy atom. The third-order valence-electron chi connectivity index (χ3n) is 3.08. The van der Waals surface area contributed by atoms with Crippen molar-refractivity contribution in [3.63, 3.8) is 0 Å². The second-order valence-corrected chi connectivity index (χ2v) is 5.51. The lowest BCUT2D eigenvalue weighted by atomic mass is 10.2. The van der Waals surface area contributed by atoms with E-state index in [1.807, 2.05) is 31.1 Å². The Kier molecular flexibility index (Phi) is 5.60. The summed E-state index contributed by atoms with van der Waals surface area (Å²) in [7, 11) is 3.82. The molecule has 2 rings (SSSR count). The molecule has 0 aliphatic rings. The summed E-state index contributed by atoms with van der Waals surface area (Å²) in [6.07, 6.45) is 0. The van der Waals surface area contributed by atoms with Crippen LogP contribution in [0.1, 0.15) is 10.4 Å². The normalized spacial score (nSPS) is 10.0. The van der Waals surface area contributed by atoms with E-state index in [0.717, 1.165) is 5.69 Å². The standard InChI is InChI=1S/C17H17ClN2O3/c1-20(2)15-9-3-12(4-10-15)17(22)23-11-16(21)19-14-7-5-13(18)6-8-14/h3-10H,11H2,1-2H3,(H,19,21). The Morgan fingerprint density at radius 2 is 1.65 bits per heavy atom. The summed E-state index contributed by atoms with van der Waals surface area (Å²) in [4.78, 5) is 25.6. The second-order valence-electron chi connectivity index (χ2n) is 5.07. The van der Waals surface area contributed by atoms with Crippen LogP contribution in [0.2, 0.25) is 5.02 Å². The summed E-state index contributed by atoms with van der Waals surface area (Å²) in [6, 6.07) is 13.6. The average molecular weight is 333 g/mol. The number of amides is 1. The van der Waals surface area contributed by atoms with E-state index in [1.165, 1.54) is 0 Å². The molecule has 0 spiro atoms. The van der Waals surface area contributed by atoms with Crippen molar-refractivity contribution in [2.24, 2.45) is 0 Å². The average Bonchev–Trinajstić information content (AvgIpc) is 2.55. The molecule has 0 bridgehead atoms. The first-order valence-corrected chi connectivity index (χ1v) is 7.33. The lowest BCUT2D eigenvalue weighted by molar-refractivity contribution is -0.119. The number of nitrogens with zero attached hydrogens (tertiary/aromatic N) is 1. The Hall–Kier alpha value is -2.53. The predicted octanol–water partition coefficient (Wildman–Crippen LogP) is 3.20. The first kappa shape index (κ1) is 16.8. The minimum absolute atomic E-state index is 0.350. The van der Waals surface area contributed by atoms with Gasteiger partial charge in [-0.2, -0.15) is 0 Å². The molecule has 2 aromatic rings. The smallest absolute Gasteiger partial charge is 0.338 e. The molecular formula is C17H17ClN2O3. The Balaban J connectivity index is 1.85. The third kappa shape index (κ3) is 5.00. The largest absolute Gasteiger partial charge is 0.452 e. The predicted molar refractivity (Wildman–Crippen MR) is 91.1 cm³/mol. The number of rotatable bonds is 5. The molecule has 5 nitrogen and oxygen atoms in total. The van der Waals surface area contributed by atoms with Crippen molar-refractivity contribution in [1.82, 2.24) is 0 Å². The maximum atomic E-state index is 11.9. The number of hydrogen-bond acceptors (Lipinski definition) is 4. The van der Waals surface area contributed by atoms with Crippen molar-refractivity contribution in [3.05, 3.63) is 59.1 Å². The van der Waals surface area contributed by atoms with E-state index >= 15 is 0 Å². The number of carbonyl (C=O) groups excluding carboxylic acids is 2. The molecule has 0 unspecified atom stereocenters. The molecule has 0 saturated carbocycles. The van der Waals surface area contributed by atoms with Crippen molar-refractivity contribution in [2.75, 3.05) is 30.9 Å².